The average Bonchev–Trinajstić information content (AvgIpc) is 2.42. The molecule has 0 amide bonds. The van der Waals surface area contributed by atoms with Crippen molar-refractivity contribution in [2.24, 2.45) is 0 Å². The van der Waals surface area contributed by atoms with Gasteiger partial charge in [-0.1, -0.05) is 66.0 Å². The molecule has 1 aromatic rings. The molecule has 0 bridgehead atoms. The molecule has 120 valence electrons. The number of anilines is 1. The Balaban J connectivity index is 3.18. The van der Waals surface area contributed by atoms with Crippen LogP contribution >= 0.6 is 11.6 Å². The van der Waals surface area contributed by atoms with Crippen LogP contribution in [0.15, 0.2) is 12.1 Å². The van der Waals surface area contributed by atoms with E-state index in [4.69, 9.17) is 11.6 Å². The summed E-state index contributed by atoms with van der Waals surface area (Å²) >= 11 is 6.54. The normalized spacial score (nSPS) is 13.3. The van der Waals surface area contributed by atoms with E-state index in [0.717, 1.165) is 18.0 Å². The summed E-state index contributed by atoms with van der Waals surface area (Å²) in [6.45, 7) is 14.6. The lowest BCUT2D eigenvalue weighted by Crippen LogP contribution is -2.19. The molecule has 1 N–H and O–H groups in total. The van der Waals surface area contributed by atoms with E-state index in [1.54, 1.807) is 0 Å². The minimum Gasteiger partial charge on any atom is -0.385 e. The number of benzene rings is 1. The van der Waals surface area contributed by atoms with Gasteiger partial charge in [-0.2, -0.15) is 0 Å². The lowest BCUT2D eigenvalue weighted by Gasteiger charge is -2.30. The summed E-state index contributed by atoms with van der Waals surface area (Å²) in [5.41, 5.74) is 4.07. The fourth-order valence-corrected chi connectivity index (χ4v) is 3.18. The molecule has 0 aliphatic rings. The van der Waals surface area contributed by atoms with E-state index in [9.17, 15) is 0 Å². The zero-order valence-electron chi connectivity index (χ0n) is 14.6. The first-order chi connectivity index (χ1) is 9.82. The monoisotopic (exact) mass is 309 g/mol. The molecule has 0 aromatic heterocycles. The third kappa shape index (κ3) is 4.92. The fourth-order valence-electron chi connectivity index (χ4n) is 2.83. The van der Waals surface area contributed by atoms with Gasteiger partial charge in [-0.05, 0) is 47.4 Å². The van der Waals surface area contributed by atoms with Crippen molar-refractivity contribution < 1.29 is 0 Å². The maximum Gasteiger partial charge on any atom is 0.0445 e. The van der Waals surface area contributed by atoms with Crippen molar-refractivity contribution in [3.63, 3.8) is 0 Å². The van der Waals surface area contributed by atoms with Crippen molar-refractivity contribution in [3.8, 4) is 0 Å². The van der Waals surface area contributed by atoms with Gasteiger partial charge in [0, 0.05) is 17.3 Å². The van der Waals surface area contributed by atoms with Crippen molar-refractivity contribution >= 4 is 17.3 Å². The number of hydrogen-bond acceptors (Lipinski definition) is 1. The topological polar surface area (TPSA) is 12.0 Å². The number of hydrogen-bond donors (Lipinski definition) is 1. The minimum absolute atomic E-state index is 0.0940. The highest BCUT2D eigenvalue weighted by Gasteiger charge is 2.25. The van der Waals surface area contributed by atoms with Crippen LogP contribution in [0.4, 0.5) is 5.69 Å². The van der Waals surface area contributed by atoms with E-state index in [0.29, 0.717) is 5.92 Å². The van der Waals surface area contributed by atoms with Crippen LogP contribution in [0.25, 0.3) is 0 Å². The summed E-state index contributed by atoms with van der Waals surface area (Å²) < 4.78 is 0. The standard InChI is InChI=1S/C19H32ClN/c1-7-9-10-13-21-16-12-11-15(20)17(14(3)8-2)18(16)19(4,5)6/h11-12,14,21H,7-10,13H2,1-6H3. The third-order valence-corrected chi connectivity index (χ3v) is 4.47. The second-order valence-corrected chi connectivity index (χ2v) is 7.48. The Kier molecular flexibility index (Phi) is 7.06. The van der Waals surface area contributed by atoms with Crippen molar-refractivity contribution in [1.82, 2.24) is 0 Å². The molecule has 1 aromatic carbocycles. The van der Waals surface area contributed by atoms with Gasteiger partial charge in [0.15, 0.2) is 0 Å². The van der Waals surface area contributed by atoms with E-state index >= 15 is 0 Å². The first kappa shape index (κ1) is 18.4. The molecular weight excluding hydrogens is 278 g/mol. The van der Waals surface area contributed by atoms with Gasteiger partial charge in [0.1, 0.15) is 0 Å². The molecule has 0 heterocycles. The van der Waals surface area contributed by atoms with Crippen LogP contribution in [0.1, 0.15) is 84.3 Å². The van der Waals surface area contributed by atoms with Crippen molar-refractivity contribution in [2.75, 3.05) is 11.9 Å². The highest BCUT2D eigenvalue weighted by atomic mass is 35.5. The molecule has 1 rings (SSSR count). The summed E-state index contributed by atoms with van der Waals surface area (Å²) in [7, 11) is 0. The summed E-state index contributed by atoms with van der Waals surface area (Å²) in [5, 5.41) is 4.55. The summed E-state index contributed by atoms with van der Waals surface area (Å²) in [4.78, 5) is 0. The molecular formula is C19H32ClN. The SMILES string of the molecule is CCCCCNc1ccc(Cl)c(C(C)CC)c1C(C)(C)C. The van der Waals surface area contributed by atoms with Gasteiger partial charge in [-0.15, -0.1) is 0 Å². The molecule has 2 heteroatoms. The Bertz CT molecular complexity index is 446. The summed E-state index contributed by atoms with van der Waals surface area (Å²) in [6, 6.07) is 4.21. The van der Waals surface area contributed by atoms with E-state index in [1.807, 2.05) is 0 Å². The molecule has 0 aliphatic carbocycles. The zero-order chi connectivity index (χ0) is 16.0. The lowest BCUT2D eigenvalue weighted by atomic mass is 9.78. The predicted molar refractivity (Wildman–Crippen MR) is 96.9 cm³/mol. The van der Waals surface area contributed by atoms with Gasteiger partial charge >= 0.3 is 0 Å². The Hall–Kier alpha value is -0.690. The highest BCUT2D eigenvalue weighted by molar-refractivity contribution is 6.31. The van der Waals surface area contributed by atoms with Crippen LogP contribution < -0.4 is 5.32 Å². The zero-order valence-corrected chi connectivity index (χ0v) is 15.4. The van der Waals surface area contributed by atoms with Gasteiger partial charge in [-0.25, -0.2) is 0 Å². The van der Waals surface area contributed by atoms with E-state index in [-0.39, 0.29) is 5.41 Å². The highest BCUT2D eigenvalue weighted by Crippen LogP contribution is 2.41. The molecule has 0 radical (unpaired) electrons. The maximum absolute atomic E-state index is 6.54. The van der Waals surface area contributed by atoms with Crippen LogP contribution in [0.3, 0.4) is 0 Å². The molecule has 0 aliphatic heterocycles. The van der Waals surface area contributed by atoms with Crippen LogP contribution in [0.2, 0.25) is 5.02 Å². The third-order valence-electron chi connectivity index (χ3n) is 4.14. The van der Waals surface area contributed by atoms with E-state index in [1.165, 1.54) is 36.1 Å². The number of nitrogens with one attached hydrogen (secondary N) is 1. The Labute approximate surface area is 136 Å². The number of unbranched alkanes of at least 4 members (excludes halogenated alkanes) is 2. The Morgan fingerprint density at radius 3 is 2.33 bits per heavy atom. The summed E-state index contributed by atoms with van der Waals surface area (Å²) in [6.07, 6.45) is 4.87. The van der Waals surface area contributed by atoms with Gasteiger partial charge < -0.3 is 5.32 Å². The van der Waals surface area contributed by atoms with Gasteiger partial charge in [0.2, 0.25) is 0 Å². The Morgan fingerprint density at radius 2 is 1.81 bits per heavy atom. The second-order valence-electron chi connectivity index (χ2n) is 7.08. The average molecular weight is 310 g/mol. The molecule has 1 nitrogen and oxygen atoms in total. The predicted octanol–water partition coefficient (Wildman–Crippen LogP) is 6.75. The van der Waals surface area contributed by atoms with Gasteiger partial charge in [-0.3, -0.25) is 0 Å². The Morgan fingerprint density at radius 1 is 1.14 bits per heavy atom. The van der Waals surface area contributed by atoms with Crippen LogP contribution in [0.5, 0.6) is 0 Å². The lowest BCUT2D eigenvalue weighted by molar-refractivity contribution is 0.571. The number of halogens is 1. The number of rotatable bonds is 7. The fraction of sp³-hybridized carbons (Fsp3) is 0.684. The first-order valence-electron chi connectivity index (χ1n) is 8.39. The maximum atomic E-state index is 6.54. The summed E-state index contributed by atoms with van der Waals surface area (Å²) in [5.74, 6) is 0.490. The molecule has 0 saturated carbocycles. The quantitative estimate of drug-likeness (QED) is 0.549. The second kappa shape index (κ2) is 8.08. The minimum atomic E-state index is 0.0940. The first-order valence-corrected chi connectivity index (χ1v) is 8.77. The van der Waals surface area contributed by atoms with Crippen molar-refractivity contribution in [3.05, 3.63) is 28.3 Å². The molecule has 1 unspecified atom stereocenters. The molecule has 0 saturated heterocycles. The van der Waals surface area contributed by atoms with Gasteiger partial charge in [0.05, 0.1) is 0 Å². The van der Waals surface area contributed by atoms with Crippen LogP contribution in [-0.2, 0) is 5.41 Å². The largest absolute Gasteiger partial charge is 0.385 e. The van der Waals surface area contributed by atoms with Crippen molar-refractivity contribution in [2.45, 2.75) is 78.6 Å². The molecule has 0 fully saturated rings. The smallest absolute Gasteiger partial charge is 0.0445 e. The van der Waals surface area contributed by atoms with E-state index in [2.05, 4.69) is 59.0 Å². The van der Waals surface area contributed by atoms with E-state index < -0.39 is 0 Å². The van der Waals surface area contributed by atoms with Crippen LogP contribution in [-0.4, -0.2) is 6.54 Å². The molecule has 21 heavy (non-hydrogen) atoms. The molecule has 1 atom stereocenters. The van der Waals surface area contributed by atoms with Crippen molar-refractivity contribution in [1.29, 1.82) is 0 Å². The molecule has 0 spiro atoms. The van der Waals surface area contributed by atoms with Gasteiger partial charge in [0.25, 0.3) is 0 Å². The van der Waals surface area contributed by atoms with Crippen LogP contribution in [0, 0.1) is 0 Å².